The van der Waals surface area contributed by atoms with Crippen LogP contribution in [0.3, 0.4) is 0 Å². The standard InChI is InChI=1S/C15H30N2O/c1-6-17(7-2)15(18)16-14-10-12(5)8-9-13(14)11(3)4/h11-14H,6-10H2,1-5H3,(H,16,18)/t12-,13+,14-/m1/s1. The lowest BCUT2D eigenvalue weighted by molar-refractivity contribution is 0.153. The van der Waals surface area contributed by atoms with Crippen molar-refractivity contribution in [3.05, 3.63) is 0 Å². The van der Waals surface area contributed by atoms with Crippen LogP contribution in [0, 0.1) is 17.8 Å². The third kappa shape index (κ3) is 3.89. The molecule has 0 radical (unpaired) electrons. The highest BCUT2D eigenvalue weighted by atomic mass is 16.2. The Kier molecular flexibility index (Phi) is 5.97. The normalized spacial score (nSPS) is 28.2. The van der Waals surface area contributed by atoms with E-state index in [1.54, 1.807) is 0 Å². The Morgan fingerprint density at radius 3 is 2.39 bits per heavy atom. The molecule has 0 aromatic rings. The van der Waals surface area contributed by atoms with Crippen molar-refractivity contribution >= 4 is 6.03 Å². The summed E-state index contributed by atoms with van der Waals surface area (Å²) in [7, 11) is 0. The molecule has 1 saturated carbocycles. The molecule has 0 aromatic heterocycles. The second-order valence-electron chi connectivity index (χ2n) is 6.05. The van der Waals surface area contributed by atoms with Gasteiger partial charge in [0.05, 0.1) is 0 Å². The Labute approximate surface area is 112 Å². The topological polar surface area (TPSA) is 32.3 Å². The van der Waals surface area contributed by atoms with E-state index in [1.165, 1.54) is 12.8 Å². The molecule has 18 heavy (non-hydrogen) atoms. The molecule has 1 N–H and O–H groups in total. The number of amides is 2. The highest BCUT2D eigenvalue weighted by Crippen LogP contribution is 2.33. The second-order valence-corrected chi connectivity index (χ2v) is 6.05. The largest absolute Gasteiger partial charge is 0.335 e. The fraction of sp³-hybridized carbons (Fsp3) is 0.933. The zero-order valence-electron chi connectivity index (χ0n) is 12.7. The summed E-state index contributed by atoms with van der Waals surface area (Å²) in [4.78, 5) is 14.0. The van der Waals surface area contributed by atoms with Gasteiger partial charge in [0.1, 0.15) is 0 Å². The molecule has 3 heteroatoms. The van der Waals surface area contributed by atoms with Gasteiger partial charge in [0, 0.05) is 19.1 Å². The van der Waals surface area contributed by atoms with E-state index in [9.17, 15) is 4.79 Å². The second kappa shape index (κ2) is 7.01. The number of nitrogens with one attached hydrogen (secondary N) is 1. The summed E-state index contributed by atoms with van der Waals surface area (Å²) >= 11 is 0. The predicted octanol–water partition coefficient (Wildman–Crippen LogP) is 3.50. The van der Waals surface area contributed by atoms with Gasteiger partial charge >= 0.3 is 6.03 Å². The monoisotopic (exact) mass is 254 g/mol. The van der Waals surface area contributed by atoms with Crippen molar-refractivity contribution in [1.82, 2.24) is 10.2 Å². The van der Waals surface area contributed by atoms with Crippen LogP contribution in [0.2, 0.25) is 0 Å². The lowest BCUT2D eigenvalue weighted by atomic mass is 9.74. The molecule has 106 valence electrons. The Hall–Kier alpha value is -0.730. The molecule has 0 unspecified atom stereocenters. The first-order valence-corrected chi connectivity index (χ1v) is 7.54. The van der Waals surface area contributed by atoms with Crippen molar-refractivity contribution in [1.29, 1.82) is 0 Å². The summed E-state index contributed by atoms with van der Waals surface area (Å²) in [6.07, 6.45) is 3.69. The van der Waals surface area contributed by atoms with Crippen LogP contribution in [0.25, 0.3) is 0 Å². The van der Waals surface area contributed by atoms with Gasteiger partial charge in [-0.3, -0.25) is 0 Å². The molecule has 0 aliphatic heterocycles. The van der Waals surface area contributed by atoms with E-state index in [1.807, 2.05) is 18.7 Å². The van der Waals surface area contributed by atoms with Gasteiger partial charge in [-0.15, -0.1) is 0 Å². The molecule has 3 nitrogen and oxygen atoms in total. The number of carbonyl (C=O) groups is 1. The summed E-state index contributed by atoms with van der Waals surface area (Å²) in [6.45, 7) is 12.5. The zero-order valence-corrected chi connectivity index (χ0v) is 12.7. The molecular weight excluding hydrogens is 224 g/mol. The van der Waals surface area contributed by atoms with E-state index in [0.29, 0.717) is 17.9 Å². The van der Waals surface area contributed by atoms with Crippen molar-refractivity contribution in [2.45, 2.75) is 59.9 Å². The third-order valence-corrected chi connectivity index (χ3v) is 4.38. The number of nitrogens with zero attached hydrogens (tertiary/aromatic N) is 1. The Bertz CT molecular complexity index is 261. The minimum atomic E-state index is 0.116. The number of urea groups is 1. The molecule has 1 aliphatic carbocycles. The first-order valence-electron chi connectivity index (χ1n) is 7.54. The molecule has 0 saturated heterocycles. The minimum Gasteiger partial charge on any atom is -0.335 e. The molecule has 2 amide bonds. The van der Waals surface area contributed by atoms with Gasteiger partial charge in [0.2, 0.25) is 0 Å². The summed E-state index contributed by atoms with van der Waals surface area (Å²) in [6, 6.07) is 0.478. The molecule has 1 fully saturated rings. The third-order valence-electron chi connectivity index (χ3n) is 4.38. The van der Waals surface area contributed by atoms with E-state index >= 15 is 0 Å². The van der Waals surface area contributed by atoms with Gasteiger partial charge in [-0.05, 0) is 44.4 Å². The number of hydrogen-bond acceptors (Lipinski definition) is 1. The van der Waals surface area contributed by atoms with Crippen LogP contribution in [-0.2, 0) is 0 Å². The van der Waals surface area contributed by atoms with Crippen LogP contribution in [0.5, 0.6) is 0 Å². The molecule has 1 rings (SSSR count). The number of hydrogen-bond donors (Lipinski definition) is 1. The molecule has 0 bridgehead atoms. The summed E-state index contributed by atoms with van der Waals surface area (Å²) in [5.41, 5.74) is 0. The molecule has 0 spiro atoms. The molecule has 0 heterocycles. The zero-order chi connectivity index (χ0) is 13.7. The minimum absolute atomic E-state index is 0.116. The van der Waals surface area contributed by atoms with Crippen molar-refractivity contribution in [2.24, 2.45) is 17.8 Å². The lowest BCUT2D eigenvalue weighted by Gasteiger charge is -2.38. The van der Waals surface area contributed by atoms with Crippen LogP contribution in [-0.4, -0.2) is 30.1 Å². The van der Waals surface area contributed by atoms with Gasteiger partial charge in [0.25, 0.3) is 0 Å². The molecular formula is C15H30N2O. The van der Waals surface area contributed by atoms with E-state index in [0.717, 1.165) is 25.4 Å². The van der Waals surface area contributed by atoms with Crippen molar-refractivity contribution in [2.75, 3.05) is 13.1 Å². The van der Waals surface area contributed by atoms with Gasteiger partial charge in [-0.1, -0.05) is 27.2 Å². The van der Waals surface area contributed by atoms with E-state index in [2.05, 4.69) is 26.1 Å². The summed E-state index contributed by atoms with van der Waals surface area (Å²) < 4.78 is 0. The molecule has 0 aromatic carbocycles. The average molecular weight is 254 g/mol. The van der Waals surface area contributed by atoms with Crippen LogP contribution >= 0.6 is 0 Å². The van der Waals surface area contributed by atoms with Crippen LogP contribution in [0.1, 0.15) is 53.9 Å². The fourth-order valence-corrected chi connectivity index (χ4v) is 3.13. The SMILES string of the molecule is CCN(CC)C(=O)N[C@@H]1C[C@H](C)CC[C@H]1C(C)C. The van der Waals surface area contributed by atoms with E-state index in [4.69, 9.17) is 0 Å². The summed E-state index contributed by atoms with van der Waals surface area (Å²) in [5.74, 6) is 2.03. The predicted molar refractivity (Wildman–Crippen MR) is 76.6 cm³/mol. The Morgan fingerprint density at radius 1 is 1.28 bits per heavy atom. The van der Waals surface area contributed by atoms with Crippen molar-refractivity contribution in [3.8, 4) is 0 Å². The van der Waals surface area contributed by atoms with E-state index in [-0.39, 0.29) is 6.03 Å². The first-order chi connectivity index (χ1) is 8.49. The van der Waals surface area contributed by atoms with Gasteiger partial charge in [0.15, 0.2) is 0 Å². The van der Waals surface area contributed by atoms with Crippen molar-refractivity contribution < 1.29 is 4.79 Å². The highest BCUT2D eigenvalue weighted by molar-refractivity contribution is 5.74. The maximum absolute atomic E-state index is 12.2. The van der Waals surface area contributed by atoms with Gasteiger partial charge in [-0.25, -0.2) is 4.79 Å². The smallest absolute Gasteiger partial charge is 0.317 e. The molecule has 3 atom stereocenters. The maximum atomic E-state index is 12.2. The van der Waals surface area contributed by atoms with Crippen LogP contribution < -0.4 is 5.32 Å². The quantitative estimate of drug-likeness (QED) is 0.818. The number of rotatable bonds is 4. The highest BCUT2D eigenvalue weighted by Gasteiger charge is 2.32. The van der Waals surface area contributed by atoms with Crippen molar-refractivity contribution in [3.63, 3.8) is 0 Å². The number of carbonyl (C=O) groups excluding carboxylic acids is 1. The van der Waals surface area contributed by atoms with Gasteiger partial charge < -0.3 is 10.2 Å². The van der Waals surface area contributed by atoms with Gasteiger partial charge in [-0.2, -0.15) is 0 Å². The average Bonchev–Trinajstić information content (AvgIpc) is 2.30. The Balaban J connectivity index is 2.63. The Morgan fingerprint density at radius 2 is 1.89 bits per heavy atom. The first kappa shape index (κ1) is 15.3. The van der Waals surface area contributed by atoms with E-state index < -0.39 is 0 Å². The summed E-state index contributed by atoms with van der Waals surface area (Å²) in [5, 5.41) is 3.27. The molecule has 1 aliphatic rings. The lowest BCUT2D eigenvalue weighted by Crippen LogP contribution is -2.50. The fourth-order valence-electron chi connectivity index (χ4n) is 3.13. The maximum Gasteiger partial charge on any atom is 0.317 e. The van der Waals surface area contributed by atoms with Crippen LogP contribution in [0.4, 0.5) is 4.79 Å². The van der Waals surface area contributed by atoms with Crippen LogP contribution in [0.15, 0.2) is 0 Å².